The Labute approximate surface area is 250 Å². The van der Waals surface area contributed by atoms with Gasteiger partial charge in [-0.2, -0.15) is 26.3 Å². The lowest BCUT2D eigenvalue weighted by Crippen LogP contribution is -2.73. The van der Waals surface area contributed by atoms with E-state index in [9.17, 15) is 26.3 Å². The summed E-state index contributed by atoms with van der Waals surface area (Å²) in [5.41, 5.74) is 1.46. The average Bonchev–Trinajstić information content (AvgIpc) is 3.00. The smallest absolute Gasteiger partial charge is 0.416 e. The number of benzene rings is 4. The number of rotatable bonds is 10. The molecule has 0 fully saturated rings. The zero-order valence-corrected chi connectivity index (χ0v) is 26.5. The number of alkyl halides is 6. The van der Waals surface area contributed by atoms with Gasteiger partial charge in [0.05, 0.1) is 11.1 Å². The van der Waals surface area contributed by atoms with E-state index >= 15 is 0 Å². The Morgan fingerprint density at radius 2 is 0.837 bits per heavy atom. The van der Waals surface area contributed by atoms with Gasteiger partial charge in [0.15, 0.2) is 0 Å². The molecule has 11 heteroatoms. The molecule has 0 heterocycles. The van der Waals surface area contributed by atoms with Gasteiger partial charge in [0, 0.05) is 0 Å². The summed E-state index contributed by atoms with van der Waals surface area (Å²) in [5, 5.41) is 1.93. The second-order valence-corrected chi connectivity index (χ2v) is 20.8. The minimum Gasteiger partial charge on any atom is -0.422 e. The van der Waals surface area contributed by atoms with Crippen molar-refractivity contribution in [1.82, 2.24) is 0 Å². The van der Waals surface area contributed by atoms with Crippen molar-refractivity contribution in [2.24, 2.45) is 0 Å². The third-order valence-corrected chi connectivity index (χ3v) is 19.7. The fourth-order valence-electron chi connectivity index (χ4n) is 4.78. The average molecular weight is 645 g/mol. The highest BCUT2D eigenvalue weighted by Crippen LogP contribution is 2.31. The molecule has 0 aliphatic heterocycles. The van der Waals surface area contributed by atoms with E-state index in [1.165, 1.54) is 12.1 Å². The van der Waals surface area contributed by atoms with Gasteiger partial charge in [0.1, 0.15) is 0 Å². The lowest BCUT2D eigenvalue weighted by atomic mass is 10.2. The standard InChI is InChI=1S/C32H30F6O2Si3/c1-5-41(3,29-21-13-15-25(23-29)31(33,34)35)39-43(27-17-9-7-10-18-27,28-19-11-8-12-20-28)40-42(4,6-2)30-22-14-16-26(24-30)32(36,37)38/h5-24H,1-2H2,3-4H3. The van der Waals surface area contributed by atoms with Gasteiger partial charge in [-0.25, -0.2) is 0 Å². The van der Waals surface area contributed by atoms with Crippen molar-refractivity contribution in [2.75, 3.05) is 0 Å². The minimum absolute atomic E-state index is 0.325. The van der Waals surface area contributed by atoms with E-state index in [2.05, 4.69) is 13.2 Å². The number of hydrogen-bond donors (Lipinski definition) is 0. The Balaban J connectivity index is 1.99. The van der Waals surface area contributed by atoms with Crippen LogP contribution in [0.25, 0.3) is 0 Å². The number of hydrogen-bond acceptors (Lipinski definition) is 2. The first kappa shape index (κ1) is 32.4. The molecule has 4 aromatic carbocycles. The molecule has 0 N–H and O–H groups in total. The normalized spacial score (nSPS) is 15.3. The molecule has 0 radical (unpaired) electrons. The highest BCUT2D eigenvalue weighted by molar-refractivity contribution is 7.08. The molecular formula is C32H30F6O2Si3. The largest absolute Gasteiger partial charge is 0.422 e. The molecule has 43 heavy (non-hydrogen) atoms. The molecule has 2 nitrogen and oxygen atoms in total. The molecule has 0 saturated carbocycles. The van der Waals surface area contributed by atoms with E-state index in [1.54, 1.807) is 60.9 Å². The van der Waals surface area contributed by atoms with Gasteiger partial charge in [-0.3, -0.25) is 0 Å². The Kier molecular flexibility index (Phi) is 9.24. The van der Waals surface area contributed by atoms with E-state index in [1.807, 2.05) is 36.4 Å². The van der Waals surface area contributed by atoms with Crippen LogP contribution in [0.2, 0.25) is 13.1 Å². The molecule has 224 valence electrons. The molecular weight excluding hydrogens is 615 g/mol. The third kappa shape index (κ3) is 6.86. The van der Waals surface area contributed by atoms with Crippen LogP contribution in [0.1, 0.15) is 11.1 Å². The second kappa shape index (κ2) is 12.2. The summed E-state index contributed by atoms with van der Waals surface area (Å²) < 4.78 is 96.8. The van der Waals surface area contributed by atoms with Gasteiger partial charge >= 0.3 is 20.9 Å². The quantitative estimate of drug-likeness (QED) is 0.141. The van der Waals surface area contributed by atoms with Gasteiger partial charge in [0.2, 0.25) is 16.6 Å². The van der Waals surface area contributed by atoms with E-state index in [4.69, 9.17) is 8.23 Å². The topological polar surface area (TPSA) is 18.5 Å². The second-order valence-electron chi connectivity index (χ2n) is 10.3. The minimum atomic E-state index is -4.58. The summed E-state index contributed by atoms with van der Waals surface area (Å²) in [7, 11) is -10.8. The maximum atomic E-state index is 13.7. The maximum Gasteiger partial charge on any atom is 0.416 e. The summed E-state index contributed by atoms with van der Waals surface area (Å²) >= 11 is 0. The monoisotopic (exact) mass is 644 g/mol. The molecule has 4 rings (SSSR count). The van der Waals surface area contributed by atoms with E-state index < -0.39 is 48.7 Å². The van der Waals surface area contributed by atoms with Crippen molar-refractivity contribution < 1.29 is 34.6 Å². The third-order valence-electron chi connectivity index (χ3n) is 7.32. The van der Waals surface area contributed by atoms with Gasteiger partial charge in [0.25, 0.3) is 0 Å². The molecule has 2 unspecified atom stereocenters. The Morgan fingerprint density at radius 3 is 1.14 bits per heavy atom. The van der Waals surface area contributed by atoms with Gasteiger partial charge < -0.3 is 8.23 Å². The van der Waals surface area contributed by atoms with Crippen LogP contribution < -0.4 is 20.7 Å². The fraction of sp³-hybridized carbons (Fsp3) is 0.125. The lowest BCUT2D eigenvalue weighted by Gasteiger charge is -2.43. The number of halogens is 6. The lowest BCUT2D eigenvalue weighted by molar-refractivity contribution is -0.138. The molecule has 0 bridgehead atoms. The van der Waals surface area contributed by atoms with Crippen LogP contribution in [-0.2, 0) is 20.6 Å². The van der Waals surface area contributed by atoms with Crippen LogP contribution in [0.3, 0.4) is 0 Å². The summed E-state index contributed by atoms with van der Waals surface area (Å²) in [6.45, 7) is 11.4. The highest BCUT2D eigenvalue weighted by Gasteiger charge is 2.53. The molecule has 0 saturated heterocycles. The van der Waals surface area contributed by atoms with Crippen LogP contribution in [0.5, 0.6) is 0 Å². The first-order valence-corrected chi connectivity index (χ1v) is 20.1. The van der Waals surface area contributed by atoms with Crippen molar-refractivity contribution in [1.29, 1.82) is 0 Å². The van der Waals surface area contributed by atoms with Crippen LogP contribution in [0.4, 0.5) is 26.3 Å². The summed E-state index contributed by atoms with van der Waals surface area (Å²) in [4.78, 5) is 0. The summed E-state index contributed by atoms with van der Waals surface area (Å²) in [5.74, 6) is 0. The van der Waals surface area contributed by atoms with Crippen LogP contribution in [0.15, 0.2) is 134 Å². The summed E-state index contributed by atoms with van der Waals surface area (Å²) in [6.07, 6.45) is -9.15. The van der Waals surface area contributed by atoms with E-state index in [-0.39, 0.29) is 0 Å². The first-order valence-electron chi connectivity index (χ1n) is 13.3. The van der Waals surface area contributed by atoms with E-state index in [0.29, 0.717) is 20.7 Å². The van der Waals surface area contributed by atoms with Gasteiger partial charge in [-0.1, -0.05) is 108 Å². The molecule has 0 spiro atoms. The molecule has 0 aliphatic carbocycles. The SMILES string of the molecule is C=C[Si](C)(O[Si](O[Si](C)(C=C)c1cccc(C(F)(F)F)c1)(c1ccccc1)c1ccccc1)c1cccc(C(F)(F)F)c1. The Morgan fingerprint density at radius 1 is 0.512 bits per heavy atom. The zero-order chi connectivity index (χ0) is 31.5. The van der Waals surface area contributed by atoms with Gasteiger partial charge in [-0.15, -0.1) is 13.2 Å². The zero-order valence-electron chi connectivity index (χ0n) is 23.5. The maximum absolute atomic E-state index is 13.7. The Bertz CT molecular complexity index is 1460. The van der Waals surface area contributed by atoms with E-state index in [0.717, 1.165) is 24.3 Å². The van der Waals surface area contributed by atoms with Crippen molar-refractivity contribution in [3.63, 3.8) is 0 Å². The van der Waals surface area contributed by atoms with Crippen molar-refractivity contribution in [2.45, 2.75) is 25.4 Å². The highest BCUT2D eigenvalue weighted by atomic mass is 28.5. The fourth-order valence-corrected chi connectivity index (χ4v) is 17.4. The molecule has 0 amide bonds. The Hall–Kier alpha value is -3.49. The summed E-state index contributed by atoms with van der Waals surface area (Å²) in [6, 6.07) is 28.0. The predicted molar refractivity (Wildman–Crippen MR) is 166 cm³/mol. The van der Waals surface area contributed by atoms with Crippen molar-refractivity contribution in [3.8, 4) is 0 Å². The van der Waals surface area contributed by atoms with Crippen molar-refractivity contribution in [3.05, 3.63) is 145 Å². The molecule has 2 atom stereocenters. The van der Waals surface area contributed by atoms with Crippen molar-refractivity contribution >= 4 is 45.9 Å². The predicted octanol–water partition coefficient (Wildman–Crippen LogP) is 6.73. The van der Waals surface area contributed by atoms with Gasteiger partial charge in [-0.05, 0) is 46.0 Å². The van der Waals surface area contributed by atoms with Crippen LogP contribution in [-0.4, -0.2) is 25.2 Å². The van der Waals surface area contributed by atoms with Crippen LogP contribution >= 0.6 is 0 Å². The molecule has 0 aromatic heterocycles. The van der Waals surface area contributed by atoms with Crippen LogP contribution in [0, 0.1) is 0 Å². The molecule has 4 aromatic rings. The first-order chi connectivity index (χ1) is 20.2. The molecule has 0 aliphatic rings.